The van der Waals surface area contributed by atoms with Crippen molar-refractivity contribution in [1.29, 1.82) is 0 Å². The highest BCUT2D eigenvalue weighted by Gasteiger charge is 2.24. The molecule has 1 atom stereocenters. The summed E-state index contributed by atoms with van der Waals surface area (Å²) in [6.07, 6.45) is 4.40. The summed E-state index contributed by atoms with van der Waals surface area (Å²) in [5, 5.41) is 6.45. The minimum absolute atomic E-state index is 0.0583. The lowest BCUT2D eigenvalue weighted by molar-refractivity contribution is -0.124. The molecule has 0 spiro atoms. The van der Waals surface area contributed by atoms with Gasteiger partial charge in [-0.2, -0.15) is 0 Å². The third-order valence-corrected chi connectivity index (χ3v) is 4.47. The Morgan fingerprint density at radius 2 is 2.23 bits per heavy atom. The molecule has 1 amide bonds. The predicted molar refractivity (Wildman–Crippen MR) is 90.9 cm³/mol. The second-order valence-corrected chi connectivity index (χ2v) is 6.47. The van der Waals surface area contributed by atoms with Gasteiger partial charge in [0.2, 0.25) is 5.91 Å². The fraction of sp³-hybridized carbons (Fsp3) is 0.294. The minimum Gasteiger partial charge on any atom is -0.380 e. The SMILES string of the molecule is Cc1nc(/C=C\C(=O)N2CC[C@H](Nc3ccccc3)C2)cs1. The van der Waals surface area contributed by atoms with E-state index in [1.165, 1.54) is 0 Å². The van der Waals surface area contributed by atoms with Crippen LogP contribution in [0.2, 0.25) is 0 Å². The normalized spacial score (nSPS) is 18.0. The summed E-state index contributed by atoms with van der Waals surface area (Å²) < 4.78 is 0. The number of benzene rings is 1. The molecule has 22 heavy (non-hydrogen) atoms. The minimum atomic E-state index is 0.0583. The number of nitrogens with one attached hydrogen (secondary N) is 1. The summed E-state index contributed by atoms with van der Waals surface area (Å²) in [7, 11) is 0. The van der Waals surface area contributed by atoms with Gasteiger partial charge in [0.15, 0.2) is 0 Å². The summed E-state index contributed by atoms with van der Waals surface area (Å²) in [5.41, 5.74) is 1.96. The Labute approximate surface area is 134 Å². The molecule has 1 aliphatic heterocycles. The summed E-state index contributed by atoms with van der Waals surface area (Å²) in [6, 6.07) is 10.4. The zero-order valence-corrected chi connectivity index (χ0v) is 13.3. The van der Waals surface area contributed by atoms with Crippen molar-refractivity contribution in [2.45, 2.75) is 19.4 Å². The molecule has 1 saturated heterocycles. The topological polar surface area (TPSA) is 45.2 Å². The third kappa shape index (κ3) is 3.74. The fourth-order valence-electron chi connectivity index (χ4n) is 2.57. The number of para-hydroxylation sites is 1. The lowest BCUT2D eigenvalue weighted by Gasteiger charge is -2.16. The number of rotatable bonds is 4. The largest absolute Gasteiger partial charge is 0.380 e. The first kappa shape index (κ1) is 14.8. The molecule has 1 aromatic carbocycles. The van der Waals surface area contributed by atoms with Gasteiger partial charge in [-0.15, -0.1) is 11.3 Å². The summed E-state index contributed by atoms with van der Waals surface area (Å²) in [4.78, 5) is 18.4. The second-order valence-electron chi connectivity index (χ2n) is 5.40. The number of hydrogen-bond acceptors (Lipinski definition) is 4. The number of carbonyl (C=O) groups excluding carboxylic acids is 1. The molecule has 4 nitrogen and oxygen atoms in total. The van der Waals surface area contributed by atoms with Crippen molar-refractivity contribution in [2.75, 3.05) is 18.4 Å². The van der Waals surface area contributed by atoms with Gasteiger partial charge in [-0.1, -0.05) is 18.2 Å². The number of amides is 1. The van der Waals surface area contributed by atoms with Crippen LogP contribution in [-0.4, -0.2) is 34.9 Å². The second kappa shape index (κ2) is 6.75. The number of carbonyl (C=O) groups is 1. The first-order valence-electron chi connectivity index (χ1n) is 7.41. The number of aromatic nitrogens is 1. The van der Waals surface area contributed by atoms with E-state index in [1.54, 1.807) is 23.5 Å². The molecule has 1 N–H and O–H groups in total. The number of anilines is 1. The van der Waals surface area contributed by atoms with Crippen LogP contribution in [0.4, 0.5) is 5.69 Å². The van der Waals surface area contributed by atoms with Crippen LogP contribution in [0, 0.1) is 6.92 Å². The Balaban J connectivity index is 1.53. The summed E-state index contributed by atoms with van der Waals surface area (Å²) in [6.45, 7) is 3.50. The molecule has 1 aliphatic rings. The maximum atomic E-state index is 12.2. The molecule has 1 fully saturated rings. The summed E-state index contributed by atoms with van der Waals surface area (Å²) in [5.74, 6) is 0.0583. The first-order chi connectivity index (χ1) is 10.7. The maximum absolute atomic E-state index is 12.2. The van der Waals surface area contributed by atoms with Gasteiger partial charge in [0, 0.05) is 36.3 Å². The van der Waals surface area contributed by atoms with Crippen LogP contribution in [0.15, 0.2) is 41.8 Å². The molecule has 0 unspecified atom stereocenters. The molecule has 3 rings (SSSR count). The van der Waals surface area contributed by atoms with Crippen LogP contribution < -0.4 is 5.32 Å². The van der Waals surface area contributed by atoms with Crippen molar-refractivity contribution in [3.63, 3.8) is 0 Å². The Kier molecular flexibility index (Phi) is 4.53. The van der Waals surface area contributed by atoms with Gasteiger partial charge in [0.05, 0.1) is 10.7 Å². The van der Waals surface area contributed by atoms with E-state index in [4.69, 9.17) is 0 Å². The van der Waals surface area contributed by atoms with Crippen molar-refractivity contribution < 1.29 is 4.79 Å². The number of aryl methyl sites for hydroxylation is 1. The number of likely N-dealkylation sites (tertiary alicyclic amines) is 1. The van der Waals surface area contributed by atoms with Crippen molar-refractivity contribution in [2.24, 2.45) is 0 Å². The van der Waals surface area contributed by atoms with E-state index in [9.17, 15) is 4.79 Å². The predicted octanol–water partition coefficient (Wildman–Crippen LogP) is 3.18. The molecule has 2 aromatic rings. The molecule has 0 radical (unpaired) electrons. The fourth-order valence-corrected chi connectivity index (χ4v) is 3.15. The van der Waals surface area contributed by atoms with E-state index in [0.29, 0.717) is 6.04 Å². The highest BCUT2D eigenvalue weighted by atomic mass is 32.1. The summed E-state index contributed by atoms with van der Waals surface area (Å²) >= 11 is 1.59. The number of thiazole rings is 1. The molecule has 0 bridgehead atoms. The van der Waals surface area contributed by atoms with E-state index >= 15 is 0 Å². The molecule has 114 valence electrons. The first-order valence-corrected chi connectivity index (χ1v) is 8.29. The van der Waals surface area contributed by atoms with Crippen LogP contribution in [0.3, 0.4) is 0 Å². The maximum Gasteiger partial charge on any atom is 0.246 e. The van der Waals surface area contributed by atoms with Gasteiger partial charge in [-0.05, 0) is 31.6 Å². The van der Waals surface area contributed by atoms with Gasteiger partial charge in [-0.3, -0.25) is 4.79 Å². The Hall–Kier alpha value is -2.14. The molecule has 5 heteroatoms. The highest BCUT2D eigenvalue weighted by molar-refractivity contribution is 7.09. The molecule has 0 saturated carbocycles. The monoisotopic (exact) mass is 313 g/mol. The van der Waals surface area contributed by atoms with Gasteiger partial charge in [0.25, 0.3) is 0 Å². The van der Waals surface area contributed by atoms with Gasteiger partial charge in [0.1, 0.15) is 0 Å². The highest BCUT2D eigenvalue weighted by Crippen LogP contribution is 2.16. The van der Waals surface area contributed by atoms with Crippen LogP contribution in [0.5, 0.6) is 0 Å². The standard InChI is InChI=1S/C17H19N3OS/c1-13-18-16(12-22-13)7-8-17(21)20-10-9-15(11-20)19-14-5-3-2-4-6-14/h2-8,12,15,19H,9-11H2,1H3/b8-7-/t15-/m0/s1. The van der Waals surface area contributed by atoms with Crippen LogP contribution in [0.25, 0.3) is 6.08 Å². The van der Waals surface area contributed by atoms with Gasteiger partial charge >= 0.3 is 0 Å². The molecule has 1 aromatic heterocycles. The van der Waals surface area contributed by atoms with Crippen LogP contribution >= 0.6 is 11.3 Å². The van der Waals surface area contributed by atoms with E-state index in [-0.39, 0.29) is 5.91 Å². The quantitative estimate of drug-likeness (QED) is 0.882. The zero-order chi connectivity index (χ0) is 15.4. The van der Waals surface area contributed by atoms with E-state index in [0.717, 1.165) is 35.9 Å². The van der Waals surface area contributed by atoms with E-state index < -0.39 is 0 Å². The van der Waals surface area contributed by atoms with Crippen molar-refractivity contribution in [1.82, 2.24) is 9.88 Å². The van der Waals surface area contributed by atoms with Crippen molar-refractivity contribution in [3.05, 3.63) is 52.5 Å². The molecule has 0 aliphatic carbocycles. The van der Waals surface area contributed by atoms with Crippen molar-refractivity contribution in [3.8, 4) is 0 Å². The van der Waals surface area contributed by atoms with E-state index in [1.807, 2.05) is 35.4 Å². The lowest BCUT2D eigenvalue weighted by atomic mass is 10.2. The van der Waals surface area contributed by atoms with Crippen LogP contribution in [0.1, 0.15) is 17.1 Å². The Bertz CT molecular complexity index is 666. The Morgan fingerprint density at radius 1 is 1.41 bits per heavy atom. The Morgan fingerprint density at radius 3 is 2.95 bits per heavy atom. The third-order valence-electron chi connectivity index (χ3n) is 3.68. The van der Waals surface area contributed by atoms with Crippen molar-refractivity contribution >= 4 is 29.0 Å². The van der Waals surface area contributed by atoms with Gasteiger partial charge < -0.3 is 10.2 Å². The average molecular weight is 313 g/mol. The van der Waals surface area contributed by atoms with Crippen LogP contribution in [-0.2, 0) is 4.79 Å². The zero-order valence-electron chi connectivity index (χ0n) is 12.5. The molecule has 2 heterocycles. The average Bonchev–Trinajstić information content (AvgIpc) is 3.15. The van der Waals surface area contributed by atoms with Gasteiger partial charge in [-0.25, -0.2) is 4.98 Å². The van der Waals surface area contributed by atoms with E-state index in [2.05, 4.69) is 22.4 Å². The number of nitrogens with zero attached hydrogens (tertiary/aromatic N) is 2. The number of hydrogen-bond donors (Lipinski definition) is 1. The smallest absolute Gasteiger partial charge is 0.246 e. The molecular weight excluding hydrogens is 294 g/mol. The molecular formula is C17H19N3OS. The lowest BCUT2D eigenvalue weighted by Crippen LogP contribution is -2.30.